The molecule has 0 aliphatic carbocycles. The van der Waals surface area contributed by atoms with Gasteiger partial charge in [-0.3, -0.25) is 0 Å². The third kappa shape index (κ3) is 4.23. The minimum atomic E-state index is -0.762. The summed E-state index contributed by atoms with van der Waals surface area (Å²) in [6.07, 6.45) is 4.73. The quantitative estimate of drug-likeness (QED) is 0.831. The normalized spacial score (nSPS) is 19.1. The lowest BCUT2D eigenvalue weighted by Crippen LogP contribution is -2.39. The molecule has 3 heteroatoms. The van der Waals surface area contributed by atoms with Crippen LogP contribution < -0.4 is 4.74 Å². The molecule has 1 aromatic carbocycles. The zero-order chi connectivity index (χ0) is 16.0. The summed E-state index contributed by atoms with van der Waals surface area (Å²) in [6, 6.07) is 7.96. The number of rotatable bonds is 7. The smallest absolute Gasteiger partial charge is 0.119 e. The summed E-state index contributed by atoms with van der Waals surface area (Å²) in [5.41, 5.74) is 0.241. The summed E-state index contributed by atoms with van der Waals surface area (Å²) in [7, 11) is 0. The van der Waals surface area contributed by atoms with Crippen LogP contribution in [0.3, 0.4) is 0 Å². The molecule has 0 radical (unpaired) electrons. The van der Waals surface area contributed by atoms with Gasteiger partial charge in [0.05, 0.1) is 12.2 Å². The van der Waals surface area contributed by atoms with Gasteiger partial charge in [0, 0.05) is 6.54 Å². The molecule has 1 atom stereocenters. The van der Waals surface area contributed by atoms with Gasteiger partial charge in [0.2, 0.25) is 0 Å². The Morgan fingerprint density at radius 3 is 2.32 bits per heavy atom. The predicted octanol–water partition coefficient (Wildman–Crippen LogP) is 3.80. The average molecular weight is 305 g/mol. The minimum Gasteiger partial charge on any atom is -0.494 e. The molecule has 1 aliphatic rings. The summed E-state index contributed by atoms with van der Waals surface area (Å²) in [4.78, 5) is 2.49. The Balaban J connectivity index is 2.05. The van der Waals surface area contributed by atoms with Crippen LogP contribution in [0, 0.1) is 5.92 Å². The van der Waals surface area contributed by atoms with E-state index in [4.69, 9.17) is 4.74 Å². The van der Waals surface area contributed by atoms with E-state index in [1.165, 1.54) is 32.4 Å². The first-order valence-electron chi connectivity index (χ1n) is 8.74. The van der Waals surface area contributed by atoms with Gasteiger partial charge in [-0.05, 0) is 62.9 Å². The van der Waals surface area contributed by atoms with E-state index in [0.29, 0.717) is 6.61 Å². The molecule has 1 aromatic rings. The van der Waals surface area contributed by atoms with E-state index in [1.54, 1.807) is 0 Å². The van der Waals surface area contributed by atoms with Gasteiger partial charge in [-0.15, -0.1) is 0 Å². The van der Waals surface area contributed by atoms with Gasteiger partial charge in [0.15, 0.2) is 0 Å². The van der Waals surface area contributed by atoms with Crippen molar-refractivity contribution in [2.45, 2.75) is 52.1 Å². The van der Waals surface area contributed by atoms with Crippen molar-refractivity contribution in [3.63, 3.8) is 0 Å². The van der Waals surface area contributed by atoms with Crippen molar-refractivity contribution >= 4 is 0 Å². The molecule has 0 saturated carbocycles. The van der Waals surface area contributed by atoms with E-state index >= 15 is 0 Å². The van der Waals surface area contributed by atoms with E-state index in [1.807, 2.05) is 31.2 Å². The predicted molar refractivity (Wildman–Crippen MR) is 91.3 cm³/mol. The molecule has 0 bridgehead atoms. The first-order chi connectivity index (χ1) is 10.6. The monoisotopic (exact) mass is 305 g/mol. The van der Waals surface area contributed by atoms with Gasteiger partial charge < -0.3 is 14.7 Å². The number of ether oxygens (including phenoxy) is 1. The molecule has 0 spiro atoms. The molecule has 1 heterocycles. The van der Waals surface area contributed by atoms with Crippen molar-refractivity contribution in [2.24, 2.45) is 5.92 Å². The zero-order valence-electron chi connectivity index (χ0n) is 14.3. The standard InChI is InChI=1S/C19H31NO2/c1-4-22-18-10-8-17(9-11-18)19(21,16(2)3)12-15-20-13-6-5-7-14-20/h8-11,16,21H,4-7,12-15H2,1-3H3. The van der Waals surface area contributed by atoms with Crippen LogP contribution in [0.15, 0.2) is 24.3 Å². The largest absolute Gasteiger partial charge is 0.494 e. The maximum absolute atomic E-state index is 11.2. The summed E-state index contributed by atoms with van der Waals surface area (Å²) >= 11 is 0. The Kier molecular flexibility index (Phi) is 6.27. The first-order valence-corrected chi connectivity index (χ1v) is 8.74. The molecule has 1 aliphatic heterocycles. The number of nitrogens with zero attached hydrogens (tertiary/aromatic N) is 1. The number of hydrogen-bond acceptors (Lipinski definition) is 3. The van der Waals surface area contributed by atoms with Gasteiger partial charge in [0.1, 0.15) is 5.75 Å². The highest BCUT2D eigenvalue weighted by Crippen LogP contribution is 2.34. The third-order valence-corrected chi connectivity index (χ3v) is 4.88. The molecule has 1 N–H and O–H groups in total. The van der Waals surface area contributed by atoms with Crippen molar-refractivity contribution in [3.05, 3.63) is 29.8 Å². The second kappa shape index (κ2) is 7.98. The fourth-order valence-electron chi connectivity index (χ4n) is 3.28. The highest BCUT2D eigenvalue weighted by molar-refractivity contribution is 5.31. The number of aliphatic hydroxyl groups is 1. The fourth-order valence-corrected chi connectivity index (χ4v) is 3.28. The van der Waals surface area contributed by atoms with Gasteiger partial charge in [-0.2, -0.15) is 0 Å². The van der Waals surface area contributed by atoms with Crippen LogP contribution in [0.4, 0.5) is 0 Å². The molecule has 1 saturated heterocycles. The Labute approximate surface area is 135 Å². The van der Waals surface area contributed by atoms with Gasteiger partial charge in [-0.25, -0.2) is 0 Å². The third-order valence-electron chi connectivity index (χ3n) is 4.88. The summed E-state index contributed by atoms with van der Waals surface area (Å²) in [5.74, 6) is 1.06. The number of piperidine rings is 1. The van der Waals surface area contributed by atoms with Gasteiger partial charge in [-0.1, -0.05) is 32.4 Å². The second-order valence-corrected chi connectivity index (χ2v) is 6.69. The molecule has 1 unspecified atom stereocenters. The maximum atomic E-state index is 11.2. The lowest BCUT2D eigenvalue weighted by atomic mass is 9.80. The van der Waals surface area contributed by atoms with E-state index < -0.39 is 5.60 Å². The van der Waals surface area contributed by atoms with Crippen LogP contribution in [-0.4, -0.2) is 36.2 Å². The Morgan fingerprint density at radius 2 is 1.77 bits per heavy atom. The molecule has 0 amide bonds. The number of benzene rings is 1. The Bertz CT molecular complexity index is 437. The van der Waals surface area contributed by atoms with Crippen molar-refractivity contribution in [2.75, 3.05) is 26.2 Å². The second-order valence-electron chi connectivity index (χ2n) is 6.69. The van der Waals surface area contributed by atoms with Crippen LogP contribution in [0.25, 0.3) is 0 Å². The van der Waals surface area contributed by atoms with Gasteiger partial charge >= 0.3 is 0 Å². The Morgan fingerprint density at radius 1 is 1.14 bits per heavy atom. The highest BCUT2D eigenvalue weighted by atomic mass is 16.5. The van der Waals surface area contributed by atoms with Crippen molar-refractivity contribution < 1.29 is 9.84 Å². The zero-order valence-corrected chi connectivity index (χ0v) is 14.3. The molecule has 1 fully saturated rings. The summed E-state index contributed by atoms with van der Waals surface area (Å²) in [6.45, 7) is 10.2. The van der Waals surface area contributed by atoms with E-state index in [0.717, 1.165) is 24.3 Å². The topological polar surface area (TPSA) is 32.7 Å². The SMILES string of the molecule is CCOc1ccc(C(O)(CCN2CCCCC2)C(C)C)cc1. The minimum absolute atomic E-state index is 0.190. The van der Waals surface area contributed by atoms with Crippen molar-refractivity contribution in [1.29, 1.82) is 0 Å². The van der Waals surface area contributed by atoms with E-state index in [-0.39, 0.29) is 5.92 Å². The number of hydrogen-bond donors (Lipinski definition) is 1. The molecular weight excluding hydrogens is 274 g/mol. The summed E-state index contributed by atoms with van der Waals surface area (Å²) < 4.78 is 5.50. The van der Waals surface area contributed by atoms with Crippen LogP contribution in [0.2, 0.25) is 0 Å². The van der Waals surface area contributed by atoms with E-state index in [2.05, 4.69) is 18.7 Å². The molecular formula is C19H31NO2. The van der Waals surface area contributed by atoms with Crippen LogP contribution >= 0.6 is 0 Å². The molecule has 124 valence electrons. The molecule has 3 nitrogen and oxygen atoms in total. The first kappa shape index (κ1) is 17.3. The van der Waals surface area contributed by atoms with Crippen molar-refractivity contribution in [1.82, 2.24) is 4.90 Å². The molecule has 2 rings (SSSR count). The number of likely N-dealkylation sites (tertiary alicyclic amines) is 1. The van der Waals surface area contributed by atoms with Crippen LogP contribution in [0.5, 0.6) is 5.75 Å². The van der Waals surface area contributed by atoms with Crippen LogP contribution in [0.1, 0.15) is 52.0 Å². The van der Waals surface area contributed by atoms with Gasteiger partial charge in [0.25, 0.3) is 0 Å². The van der Waals surface area contributed by atoms with Crippen LogP contribution in [-0.2, 0) is 5.60 Å². The lowest BCUT2D eigenvalue weighted by Gasteiger charge is -2.36. The maximum Gasteiger partial charge on any atom is 0.119 e. The van der Waals surface area contributed by atoms with Crippen molar-refractivity contribution in [3.8, 4) is 5.75 Å². The van der Waals surface area contributed by atoms with E-state index in [9.17, 15) is 5.11 Å². The average Bonchev–Trinajstić information content (AvgIpc) is 2.54. The Hall–Kier alpha value is -1.06. The molecule has 22 heavy (non-hydrogen) atoms. The lowest BCUT2D eigenvalue weighted by molar-refractivity contribution is -0.0271. The summed E-state index contributed by atoms with van der Waals surface area (Å²) in [5, 5.41) is 11.2. The fraction of sp³-hybridized carbons (Fsp3) is 0.684. The molecule has 0 aromatic heterocycles. The highest BCUT2D eigenvalue weighted by Gasteiger charge is 2.33.